The number of carbonyl (C=O) groups excluding carboxylic acids is 1. The van der Waals surface area contributed by atoms with Gasteiger partial charge in [0.1, 0.15) is 6.04 Å². The second-order valence-electron chi connectivity index (χ2n) is 4.27. The summed E-state index contributed by atoms with van der Waals surface area (Å²) < 4.78 is 0. The lowest BCUT2D eigenvalue weighted by atomic mass is 10.0. The monoisotopic (exact) mass is 244 g/mol. The van der Waals surface area contributed by atoms with E-state index in [1.807, 2.05) is 0 Å². The van der Waals surface area contributed by atoms with E-state index in [1.165, 1.54) is 4.90 Å². The third kappa shape index (κ3) is 3.59. The number of carboxylic acids is 1. The highest BCUT2D eigenvalue weighted by atomic mass is 16.4. The summed E-state index contributed by atoms with van der Waals surface area (Å²) in [6.07, 6.45) is 3.01. The molecule has 0 bridgehead atoms. The van der Waals surface area contributed by atoms with Gasteiger partial charge in [0.15, 0.2) is 0 Å². The quantitative estimate of drug-likeness (QED) is 0.668. The number of carbonyl (C=O) groups is 2. The van der Waals surface area contributed by atoms with E-state index in [0.29, 0.717) is 13.0 Å². The number of hydrogen-bond donors (Lipinski definition) is 3. The summed E-state index contributed by atoms with van der Waals surface area (Å²) in [7, 11) is 0. The zero-order valence-corrected chi connectivity index (χ0v) is 10.1. The van der Waals surface area contributed by atoms with Gasteiger partial charge in [0, 0.05) is 6.54 Å². The van der Waals surface area contributed by atoms with Crippen molar-refractivity contribution < 1.29 is 19.8 Å². The number of aliphatic hydroxyl groups is 1. The van der Waals surface area contributed by atoms with Crippen LogP contribution in [-0.2, 0) is 4.79 Å². The zero-order valence-electron chi connectivity index (χ0n) is 10.1. The Morgan fingerprint density at radius 2 is 2.18 bits per heavy atom. The fourth-order valence-electron chi connectivity index (χ4n) is 2.03. The molecule has 1 fully saturated rings. The Hall–Kier alpha value is -1.30. The fraction of sp³-hybridized carbons (Fsp3) is 0.818. The van der Waals surface area contributed by atoms with Crippen molar-refractivity contribution in [3.05, 3.63) is 0 Å². The number of nitrogens with one attached hydrogen (secondary N) is 1. The Bertz CT molecular complexity index is 283. The lowest BCUT2D eigenvalue weighted by Gasteiger charge is -2.35. The molecule has 6 heteroatoms. The minimum Gasteiger partial charge on any atom is -0.480 e. The van der Waals surface area contributed by atoms with E-state index in [2.05, 4.69) is 5.32 Å². The van der Waals surface area contributed by atoms with Crippen LogP contribution in [0.25, 0.3) is 0 Å². The Balaban J connectivity index is 2.58. The van der Waals surface area contributed by atoms with Crippen molar-refractivity contribution >= 4 is 12.0 Å². The van der Waals surface area contributed by atoms with Crippen molar-refractivity contribution in [3.8, 4) is 0 Å². The third-order valence-electron chi connectivity index (χ3n) is 3.10. The number of nitrogens with zero attached hydrogens (tertiary/aromatic N) is 1. The molecule has 0 saturated carbocycles. The standard InChI is InChI=1S/C11H20N2O4/c1-2-9(10(15)16)12-11(17)13-6-4-3-5-8(13)7-14/h8-9,14H,2-7H2,1H3,(H,12,17)(H,15,16). The van der Waals surface area contributed by atoms with Crippen molar-refractivity contribution in [2.75, 3.05) is 13.2 Å². The molecule has 0 aromatic heterocycles. The molecule has 98 valence electrons. The molecule has 2 amide bonds. The van der Waals surface area contributed by atoms with Gasteiger partial charge >= 0.3 is 12.0 Å². The number of urea groups is 1. The van der Waals surface area contributed by atoms with Gasteiger partial charge in [0.05, 0.1) is 12.6 Å². The van der Waals surface area contributed by atoms with Crippen LogP contribution in [0.15, 0.2) is 0 Å². The summed E-state index contributed by atoms with van der Waals surface area (Å²) in [6.45, 7) is 2.21. The van der Waals surface area contributed by atoms with Gasteiger partial charge < -0.3 is 20.4 Å². The minimum atomic E-state index is -1.03. The molecule has 0 radical (unpaired) electrons. The van der Waals surface area contributed by atoms with E-state index >= 15 is 0 Å². The van der Waals surface area contributed by atoms with Gasteiger partial charge in [-0.1, -0.05) is 6.92 Å². The van der Waals surface area contributed by atoms with Crippen LogP contribution in [0.5, 0.6) is 0 Å². The third-order valence-corrected chi connectivity index (χ3v) is 3.10. The van der Waals surface area contributed by atoms with Gasteiger partial charge in [-0.2, -0.15) is 0 Å². The Labute approximate surface area is 101 Å². The molecule has 2 atom stereocenters. The van der Waals surface area contributed by atoms with E-state index in [-0.39, 0.29) is 12.6 Å². The summed E-state index contributed by atoms with van der Waals surface area (Å²) in [6, 6.07) is -1.43. The van der Waals surface area contributed by atoms with Gasteiger partial charge in [-0.15, -0.1) is 0 Å². The van der Waals surface area contributed by atoms with E-state index in [1.54, 1.807) is 6.92 Å². The Morgan fingerprint density at radius 3 is 2.71 bits per heavy atom. The summed E-state index contributed by atoms with van der Waals surface area (Å²) >= 11 is 0. The van der Waals surface area contributed by atoms with Crippen molar-refractivity contribution in [3.63, 3.8) is 0 Å². The highest BCUT2D eigenvalue weighted by Gasteiger charge is 2.28. The van der Waals surface area contributed by atoms with Gasteiger partial charge in [-0.25, -0.2) is 9.59 Å². The molecule has 1 heterocycles. The van der Waals surface area contributed by atoms with Crippen molar-refractivity contribution in [2.45, 2.75) is 44.7 Å². The topological polar surface area (TPSA) is 89.9 Å². The molecule has 0 aliphatic carbocycles. The summed E-state index contributed by atoms with van der Waals surface area (Å²) in [4.78, 5) is 24.2. The number of aliphatic carboxylic acids is 1. The predicted octanol–water partition coefficient (Wildman–Crippen LogP) is 0.406. The molecule has 1 rings (SSSR count). The summed E-state index contributed by atoms with van der Waals surface area (Å²) in [5.74, 6) is -1.03. The first-order chi connectivity index (χ1) is 8.10. The largest absolute Gasteiger partial charge is 0.480 e. The Kier molecular flexibility index (Phi) is 5.21. The first-order valence-electron chi connectivity index (χ1n) is 6.01. The molecular formula is C11H20N2O4. The molecule has 0 aromatic rings. The van der Waals surface area contributed by atoms with Crippen molar-refractivity contribution in [1.82, 2.24) is 10.2 Å². The van der Waals surface area contributed by atoms with Gasteiger partial charge in [-0.3, -0.25) is 0 Å². The molecule has 17 heavy (non-hydrogen) atoms. The van der Waals surface area contributed by atoms with Crippen LogP contribution in [0.3, 0.4) is 0 Å². The molecule has 1 aliphatic heterocycles. The molecule has 6 nitrogen and oxygen atoms in total. The van der Waals surface area contributed by atoms with E-state index in [4.69, 9.17) is 5.11 Å². The number of aliphatic hydroxyl groups excluding tert-OH is 1. The van der Waals surface area contributed by atoms with Crippen LogP contribution in [0.1, 0.15) is 32.6 Å². The lowest BCUT2D eigenvalue weighted by Crippen LogP contribution is -2.53. The summed E-state index contributed by atoms with van der Waals surface area (Å²) in [5, 5.41) is 20.5. The van der Waals surface area contributed by atoms with Crippen LogP contribution < -0.4 is 5.32 Å². The van der Waals surface area contributed by atoms with Crippen LogP contribution in [0.4, 0.5) is 4.79 Å². The average Bonchev–Trinajstić information content (AvgIpc) is 2.35. The average molecular weight is 244 g/mol. The number of rotatable bonds is 4. The van der Waals surface area contributed by atoms with Crippen molar-refractivity contribution in [1.29, 1.82) is 0 Å². The minimum absolute atomic E-state index is 0.0721. The molecule has 1 aliphatic rings. The van der Waals surface area contributed by atoms with E-state index in [9.17, 15) is 14.7 Å². The van der Waals surface area contributed by atoms with Gasteiger partial charge in [0.25, 0.3) is 0 Å². The smallest absolute Gasteiger partial charge is 0.326 e. The molecule has 3 N–H and O–H groups in total. The van der Waals surface area contributed by atoms with Gasteiger partial charge in [-0.05, 0) is 25.7 Å². The highest BCUT2D eigenvalue weighted by molar-refractivity contribution is 5.82. The van der Waals surface area contributed by atoms with Crippen LogP contribution in [0, 0.1) is 0 Å². The predicted molar refractivity (Wildman–Crippen MR) is 61.7 cm³/mol. The molecule has 0 spiro atoms. The maximum atomic E-state index is 11.9. The van der Waals surface area contributed by atoms with E-state index < -0.39 is 18.0 Å². The Morgan fingerprint density at radius 1 is 1.47 bits per heavy atom. The SMILES string of the molecule is CCC(NC(=O)N1CCCCC1CO)C(=O)O. The highest BCUT2D eigenvalue weighted by Crippen LogP contribution is 2.16. The lowest BCUT2D eigenvalue weighted by molar-refractivity contribution is -0.139. The van der Waals surface area contributed by atoms with Crippen LogP contribution in [0.2, 0.25) is 0 Å². The van der Waals surface area contributed by atoms with Crippen LogP contribution in [-0.4, -0.2) is 52.3 Å². The second kappa shape index (κ2) is 6.44. The molecule has 1 saturated heterocycles. The molecular weight excluding hydrogens is 224 g/mol. The van der Waals surface area contributed by atoms with E-state index in [0.717, 1.165) is 19.3 Å². The maximum Gasteiger partial charge on any atom is 0.326 e. The first kappa shape index (κ1) is 13.8. The number of hydrogen-bond acceptors (Lipinski definition) is 3. The number of piperidine rings is 1. The zero-order chi connectivity index (χ0) is 12.8. The molecule has 0 aromatic carbocycles. The van der Waals surface area contributed by atoms with Gasteiger partial charge in [0.2, 0.25) is 0 Å². The number of amides is 2. The maximum absolute atomic E-state index is 11.9. The molecule has 2 unspecified atom stereocenters. The summed E-state index contributed by atoms with van der Waals surface area (Å²) in [5.41, 5.74) is 0. The fourth-order valence-corrected chi connectivity index (χ4v) is 2.03. The first-order valence-corrected chi connectivity index (χ1v) is 6.01. The number of likely N-dealkylation sites (tertiary alicyclic amines) is 1. The van der Waals surface area contributed by atoms with Crippen molar-refractivity contribution in [2.24, 2.45) is 0 Å². The van der Waals surface area contributed by atoms with Crippen LogP contribution >= 0.6 is 0 Å². The second-order valence-corrected chi connectivity index (χ2v) is 4.27. The number of carboxylic acid groups (broad SMARTS) is 1. The normalized spacial score (nSPS) is 22.0.